The van der Waals surface area contributed by atoms with Crippen LogP contribution in [0.2, 0.25) is 0 Å². The lowest BCUT2D eigenvalue weighted by Gasteiger charge is -2.46. The van der Waals surface area contributed by atoms with E-state index >= 15 is 0 Å². The van der Waals surface area contributed by atoms with Gasteiger partial charge in [0.2, 0.25) is 0 Å². The Morgan fingerprint density at radius 1 is 1.20 bits per heavy atom. The Bertz CT molecular complexity index is 802. The normalized spacial score (nSPS) is 28.8. The molecule has 2 N–H and O–H groups in total. The molecule has 2 aliphatic rings. The number of hydrogen-bond acceptors (Lipinski definition) is 3. The van der Waals surface area contributed by atoms with Crippen LogP contribution in [0.3, 0.4) is 0 Å². The van der Waals surface area contributed by atoms with Crippen molar-refractivity contribution in [3.63, 3.8) is 0 Å². The quantitative estimate of drug-likeness (QED) is 0.887. The van der Waals surface area contributed by atoms with Gasteiger partial charge >= 0.3 is 5.97 Å². The Kier molecular flexibility index (Phi) is 3.85. The van der Waals surface area contributed by atoms with Gasteiger partial charge in [-0.2, -0.15) is 0 Å². The van der Waals surface area contributed by atoms with Crippen LogP contribution in [0.25, 0.3) is 10.8 Å². The number of carbonyl (C=O) groups is 1. The lowest BCUT2D eigenvalue weighted by atomic mass is 9.63. The second-order valence-corrected chi connectivity index (χ2v) is 8.34. The average Bonchev–Trinajstić information content (AvgIpc) is 2.87. The molecule has 0 radical (unpaired) electrons. The van der Waals surface area contributed by atoms with Gasteiger partial charge in [-0.25, -0.2) is 0 Å². The summed E-state index contributed by atoms with van der Waals surface area (Å²) in [5, 5.41) is 15.3. The topological polar surface area (TPSA) is 58.6 Å². The molecule has 1 saturated carbocycles. The second-order valence-electron chi connectivity index (χ2n) is 8.34. The fourth-order valence-electron chi connectivity index (χ4n) is 4.75. The van der Waals surface area contributed by atoms with Crippen molar-refractivity contribution in [1.82, 2.24) is 5.32 Å². The predicted octanol–water partition coefficient (Wildman–Crippen LogP) is 3.90. The van der Waals surface area contributed by atoms with E-state index < -0.39 is 12.0 Å². The van der Waals surface area contributed by atoms with Gasteiger partial charge in [-0.15, -0.1) is 0 Å². The minimum atomic E-state index is -0.819. The summed E-state index contributed by atoms with van der Waals surface area (Å²) in [6, 6.07) is 13.4. The van der Waals surface area contributed by atoms with E-state index in [2.05, 4.69) is 19.2 Å². The monoisotopic (exact) mass is 339 g/mol. The summed E-state index contributed by atoms with van der Waals surface area (Å²) in [5.74, 6) is -0.819. The standard InChI is InChI=1S/C21H25NO3/c1-20(2)12-21(13-25-20)10-15(11-21)22-18(19(23)24)17-9-5-7-14-6-3-4-8-16(14)17/h3-9,15,18,22H,10-13H2,1-2H3,(H,23,24). The van der Waals surface area contributed by atoms with E-state index in [1.54, 1.807) is 0 Å². The van der Waals surface area contributed by atoms with Crippen molar-refractivity contribution in [2.75, 3.05) is 6.61 Å². The number of carboxylic acid groups (broad SMARTS) is 1. The van der Waals surface area contributed by atoms with E-state index in [0.29, 0.717) is 0 Å². The summed E-state index contributed by atoms with van der Waals surface area (Å²) in [6.07, 6.45) is 3.04. The zero-order valence-electron chi connectivity index (χ0n) is 14.8. The number of aliphatic carboxylic acids is 1. The largest absolute Gasteiger partial charge is 0.480 e. The summed E-state index contributed by atoms with van der Waals surface area (Å²) in [7, 11) is 0. The molecular formula is C21H25NO3. The summed E-state index contributed by atoms with van der Waals surface area (Å²) in [4.78, 5) is 11.9. The highest BCUT2D eigenvalue weighted by molar-refractivity contribution is 5.90. The Labute approximate surface area is 148 Å². The second kappa shape index (κ2) is 5.82. The first-order valence-corrected chi connectivity index (χ1v) is 8.98. The molecule has 1 spiro atoms. The first-order valence-electron chi connectivity index (χ1n) is 8.98. The van der Waals surface area contributed by atoms with Crippen LogP contribution >= 0.6 is 0 Å². The SMILES string of the molecule is CC1(C)CC2(CO1)CC(NC(C(=O)O)c1cccc3ccccc13)C2. The highest BCUT2D eigenvalue weighted by Gasteiger charge is 2.52. The molecule has 1 heterocycles. The molecule has 1 unspecified atom stereocenters. The molecule has 4 nitrogen and oxygen atoms in total. The third kappa shape index (κ3) is 3.05. The van der Waals surface area contributed by atoms with Crippen molar-refractivity contribution in [2.45, 2.75) is 50.8 Å². The van der Waals surface area contributed by atoms with Gasteiger partial charge < -0.3 is 9.84 Å². The number of hydrogen-bond donors (Lipinski definition) is 2. The van der Waals surface area contributed by atoms with Crippen molar-refractivity contribution in [3.8, 4) is 0 Å². The lowest BCUT2D eigenvalue weighted by Crippen LogP contribution is -2.51. The number of nitrogens with one attached hydrogen (secondary N) is 1. The predicted molar refractivity (Wildman–Crippen MR) is 97.6 cm³/mol. The Hall–Kier alpha value is -1.91. The average molecular weight is 339 g/mol. The zero-order valence-corrected chi connectivity index (χ0v) is 14.8. The Balaban J connectivity index is 1.53. The summed E-state index contributed by atoms with van der Waals surface area (Å²) in [6.45, 7) is 5.07. The van der Waals surface area contributed by atoms with Crippen LogP contribution in [-0.2, 0) is 9.53 Å². The zero-order chi connectivity index (χ0) is 17.7. The van der Waals surface area contributed by atoms with Crippen LogP contribution in [0, 0.1) is 5.41 Å². The number of benzene rings is 2. The molecule has 1 aliphatic heterocycles. The van der Waals surface area contributed by atoms with E-state index in [0.717, 1.165) is 42.2 Å². The molecule has 0 bridgehead atoms. The molecule has 25 heavy (non-hydrogen) atoms. The fourth-order valence-corrected chi connectivity index (χ4v) is 4.75. The highest BCUT2D eigenvalue weighted by Crippen LogP contribution is 2.53. The van der Waals surface area contributed by atoms with Crippen LogP contribution in [0.4, 0.5) is 0 Å². The van der Waals surface area contributed by atoms with Gasteiger partial charge in [0.25, 0.3) is 0 Å². The molecule has 0 aromatic heterocycles. The maximum Gasteiger partial charge on any atom is 0.325 e. The molecule has 1 aliphatic carbocycles. The summed E-state index contributed by atoms with van der Waals surface area (Å²) < 4.78 is 5.90. The van der Waals surface area contributed by atoms with Gasteiger partial charge in [0.1, 0.15) is 6.04 Å². The maximum absolute atomic E-state index is 11.9. The van der Waals surface area contributed by atoms with E-state index in [9.17, 15) is 9.90 Å². The summed E-state index contributed by atoms with van der Waals surface area (Å²) >= 11 is 0. The molecule has 132 valence electrons. The number of rotatable bonds is 4. The first-order chi connectivity index (χ1) is 11.9. The van der Waals surface area contributed by atoms with E-state index in [1.807, 2.05) is 42.5 Å². The molecule has 2 aromatic rings. The van der Waals surface area contributed by atoms with Crippen LogP contribution in [0.1, 0.15) is 44.7 Å². The molecular weight excluding hydrogens is 314 g/mol. The molecule has 1 saturated heterocycles. The molecule has 4 heteroatoms. The van der Waals surface area contributed by atoms with E-state index in [1.165, 1.54) is 0 Å². The van der Waals surface area contributed by atoms with Crippen molar-refractivity contribution < 1.29 is 14.6 Å². The fraction of sp³-hybridized carbons (Fsp3) is 0.476. The molecule has 2 aromatic carbocycles. The van der Waals surface area contributed by atoms with Crippen molar-refractivity contribution in [3.05, 3.63) is 48.0 Å². The van der Waals surface area contributed by atoms with Gasteiger partial charge in [-0.1, -0.05) is 42.5 Å². The van der Waals surface area contributed by atoms with E-state index in [-0.39, 0.29) is 17.1 Å². The van der Waals surface area contributed by atoms with Gasteiger partial charge in [0.15, 0.2) is 0 Å². The Morgan fingerprint density at radius 2 is 1.92 bits per heavy atom. The molecule has 1 atom stereocenters. The van der Waals surface area contributed by atoms with Crippen molar-refractivity contribution in [2.24, 2.45) is 5.41 Å². The van der Waals surface area contributed by atoms with Gasteiger partial charge in [-0.05, 0) is 54.9 Å². The van der Waals surface area contributed by atoms with Crippen LogP contribution in [0.5, 0.6) is 0 Å². The van der Waals surface area contributed by atoms with E-state index in [4.69, 9.17) is 4.74 Å². The molecule has 4 rings (SSSR count). The third-order valence-electron chi connectivity index (χ3n) is 5.71. The molecule has 2 fully saturated rings. The minimum Gasteiger partial charge on any atom is -0.480 e. The van der Waals surface area contributed by atoms with Crippen LogP contribution in [-0.4, -0.2) is 29.3 Å². The number of carboxylic acids is 1. The maximum atomic E-state index is 11.9. The lowest BCUT2D eigenvalue weighted by molar-refractivity contribution is -0.140. The highest BCUT2D eigenvalue weighted by atomic mass is 16.5. The van der Waals surface area contributed by atoms with Crippen LogP contribution in [0.15, 0.2) is 42.5 Å². The number of ether oxygens (including phenoxy) is 1. The van der Waals surface area contributed by atoms with Gasteiger partial charge in [0, 0.05) is 6.04 Å². The smallest absolute Gasteiger partial charge is 0.325 e. The van der Waals surface area contributed by atoms with Crippen molar-refractivity contribution >= 4 is 16.7 Å². The van der Waals surface area contributed by atoms with Crippen LogP contribution < -0.4 is 5.32 Å². The molecule has 0 amide bonds. The summed E-state index contributed by atoms with van der Waals surface area (Å²) in [5.41, 5.74) is 1.03. The van der Waals surface area contributed by atoms with Crippen molar-refractivity contribution in [1.29, 1.82) is 0 Å². The third-order valence-corrected chi connectivity index (χ3v) is 5.71. The van der Waals surface area contributed by atoms with Gasteiger partial charge in [-0.3, -0.25) is 10.1 Å². The minimum absolute atomic E-state index is 0.0488. The Morgan fingerprint density at radius 3 is 2.60 bits per heavy atom. The van der Waals surface area contributed by atoms with Gasteiger partial charge in [0.05, 0.1) is 12.2 Å². The first kappa shape index (κ1) is 16.6. The number of fused-ring (bicyclic) bond motifs is 1.